The zero-order valence-corrected chi connectivity index (χ0v) is 19.8. The van der Waals surface area contributed by atoms with Gasteiger partial charge in [0.05, 0.1) is 31.4 Å². The van der Waals surface area contributed by atoms with Crippen molar-refractivity contribution in [1.82, 2.24) is 25.1 Å². The van der Waals surface area contributed by atoms with Gasteiger partial charge in [0.25, 0.3) is 5.56 Å². The van der Waals surface area contributed by atoms with Crippen molar-refractivity contribution in [3.63, 3.8) is 0 Å². The molecular formula is C21H27F3N6O3S. The Morgan fingerprint density at radius 1 is 1.21 bits per heavy atom. The topological polar surface area (TPSA) is 104 Å². The van der Waals surface area contributed by atoms with Crippen molar-refractivity contribution in [3.05, 3.63) is 40.1 Å². The average molecular weight is 501 g/mol. The number of H-pyrrole nitrogens is 1. The van der Waals surface area contributed by atoms with E-state index in [4.69, 9.17) is 4.74 Å². The first-order chi connectivity index (χ1) is 16.2. The third-order valence-corrected chi connectivity index (χ3v) is 6.92. The molecule has 1 N–H and O–H groups in total. The minimum atomic E-state index is -4.47. The standard InChI is InChI=1S/C21H27F3N6O3S/c1-3-16(34-17-12-27-28-19(32)14(17)2)13-33-9-4-18(31)29-5-7-30(8-6-29)20-25-10-15(11-26-20)21(22,23)24/h10-12,16H,3-9,13H2,1-2H3,(H,28,32)/t16-/m1/s1. The fraction of sp³-hybridized carbons (Fsp3) is 0.571. The SMILES string of the molecule is CC[C@H](COCCC(=O)N1CCN(c2ncc(C(F)(F)F)cn2)CC1)Sc1cn[nH]c(=O)c1C. The van der Waals surface area contributed by atoms with Crippen molar-refractivity contribution in [2.75, 3.05) is 44.3 Å². The molecule has 0 aromatic carbocycles. The summed E-state index contributed by atoms with van der Waals surface area (Å²) in [4.78, 5) is 36.1. The predicted molar refractivity (Wildman–Crippen MR) is 121 cm³/mol. The number of thioether (sulfide) groups is 1. The van der Waals surface area contributed by atoms with Crippen LogP contribution in [0.3, 0.4) is 0 Å². The molecular weight excluding hydrogens is 473 g/mol. The normalized spacial score (nSPS) is 15.4. The smallest absolute Gasteiger partial charge is 0.380 e. The molecule has 1 aliphatic rings. The molecule has 9 nitrogen and oxygen atoms in total. The van der Waals surface area contributed by atoms with Gasteiger partial charge in [-0.15, -0.1) is 11.8 Å². The molecule has 3 rings (SSSR count). The summed E-state index contributed by atoms with van der Waals surface area (Å²) >= 11 is 1.53. The third kappa shape index (κ3) is 6.92. The molecule has 0 radical (unpaired) electrons. The van der Waals surface area contributed by atoms with Crippen LogP contribution in [0, 0.1) is 6.92 Å². The maximum Gasteiger partial charge on any atom is 0.419 e. The van der Waals surface area contributed by atoms with Gasteiger partial charge in [0.1, 0.15) is 0 Å². The monoisotopic (exact) mass is 500 g/mol. The fourth-order valence-electron chi connectivity index (χ4n) is 3.29. The van der Waals surface area contributed by atoms with Crippen LogP contribution in [-0.4, -0.2) is 75.6 Å². The van der Waals surface area contributed by atoms with Crippen LogP contribution < -0.4 is 10.5 Å². The van der Waals surface area contributed by atoms with Crippen molar-refractivity contribution in [2.24, 2.45) is 0 Å². The molecule has 0 unspecified atom stereocenters. The first-order valence-electron chi connectivity index (χ1n) is 10.9. The molecule has 34 heavy (non-hydrogen) atoms. The van der Waals surface area contributed by atoms with Crippen molar-refractivity contribution in [1.29, 1.82) is 0 Å². The van der Waals surface area contributed by atoms with Crippen molar-refractivity contribution in [3.8, 4) is 0 Å². The minimum Gasteiger partial charge on any atom is -0.380 e. The Bertz CT molecular complexity index is 1010. The fourth-order valence-corrected chi connectivity index (χ4v) is 4.37. The van der Waals surface area contributed by atoms with Crippen molar-refractivity contribution in [2.45, 2.75) is 43.0 Å². The van der Waals surface area contributed by atoms with E-state index in [1.54, 1.807) is 22.9 Å². The highest BCUT2D eigenvalue weighted by molar-refractivity contribution is 8.00. The molecule has 0 bridgehead atoms. The van der Waals surface area contributed by atoms with Crippen LogP contribution >= 0.6 is 11.8 Å². The second-order valence-corrected chi connectivity index (χ2v) is 9.14. The molecule has 3 heterocycles. The van der Waals surface area contributed by atoms with E-state index in [0.717, 1.165) is 23.7 Å². The van der Waals surface area contributed by atoms with Crippen molar-refractivity contribution >= 4 is 23.6 Å². The Hall–Kier alpha value is -2.67. The summed E-state index contributed by atoms with van der Waals surface area (Å²) in [5, 5.41) is 6.37. The van der Waals surface area contributed by atoms with Gasteiger partial charge in [-0.25, -0.2) is 15.1 Å². The number of aromatic amines is 1. The number of halogens is 3. The molecule has 0 aliphatic carbocycles. The lowest BCUT2D eigenvalue weighted by atomic mass is 10.3. The van der Waals surface area contributed by atoms with Crippen LogP contribution in [-0.2, 0) is 15.7 Å². The van der Waals surface area contributed by atoms with Gasteiger partial charge in [0, 0.05) is 54.3 Å². The van der Waals surface area contributed by atoms with Crippen LogP contribution in [0.5, 0.6) is 0 Å². The predicted octanol–water partition coefficient (Wildman–Crippen LogP) is 2.51. The number of rotatable bonds is 9. The molecule has 1 aliphatic heterocycles. The zero-order valence-electron chi connectivity index (χ0n) is 19.0. The van der Waals surface area contributed by atoms with E-state index in [9.17, 15) is 22.8 Å². The van der Waals surface area contributed by atoms with E-state index >= 15 is 0 Å². The van der Waals surface area contributed by atoms with Crippen molar-refractivity contribution < 1.29 is 22.7 Å². The first kappa shape index (κ1) is 25.9. The highest BCUT2D eigenvalue weighted by atomic mass is 32.2. The number of alkyl halides is 3. The Balaban J connectivity index is 1.39. The molecule has 0 spiro atoms. The lowest BCUT2D eigenvalue weighted by Gasteiger charge is -2.34. The van der Waals surface area contributed by atoms with Gasteiger partial charge in [-0.2, -0.15) is 18.3 Å². The summed E-state index contributed by atoms with van der Waals surface area (Å²) in [6.07, 6.45) is -0.233. The summed E-state index contributed by atoms with van der Waals surface area (Å²) in [7, 11) is 0. The van der Waals surface area contributed by atoms with E-state index in [2.05, 4.69) is 20.2 Å². The number of anilines is 1. The number of carbonyl (C=O) groups is 1. The summed E-state index contributed by atoms with van der Waals surface area (Å²) in [5.74, 6) is 0.181. The number of ether oxygens (including phenoxy) is 1. The summed E-state index contributed by atoms with van der Waals surface area (Å²) < 4.78 is 43.7. The lowest BCUT2D eigenvalue weighted by molar-refractivity contribution is -0.138. The van der Waals surface area contributed by atoms with Crippen LogP contribution in [0.15, 0.2) is 28.3 Å². The Morgan fingerprint density at radius 3 is 2.50 bits per heavy atom. The number of nitrogens with one attached hydrogen (secondary N) is 1. The largest absolute Gasteiger partial charge is 0.419 e. The minimum absolute atomic E-state index is 0.0386. The van der Waals surface area contributed by atoms with E-state index in [1.165, 1.54) is 11.8 Å². The van der Waals surface area contributed by atoms with Gasteiger partial charge < -0.3 is 14.5 Å². The van der Waals surface area contributed by atoms with Gasteiger partial charge in [-0.05, 0) is 13.3 Å². The quantitative estimate of drug-likeness (QED) is 0.414. The van der Waals surface area contributed by atoms with Gasteiger partial charge in [-0.3, -0.25) is 9.59 Å². The number of aromatic nitrogens is 4. The van der Waals surface area contributed by atoms with Crippen LogP contribution in [0.2, 0.25) is 0 Å². The molecule has 2 aromatic heterocycles. The number of amides is 1. The van der Waals surface area contributed by atoms with E-state index in [-0.39, 0.29) is 35.7 Å². The number of hydrogen-bond donors (Lipinski definition) is 1. The summed E-state index contributed by atoms with van der Waals surface area (Å²) in [6, 6.07) is 0. The van der Waals surface area contributed by atoms with Gasteiger partial charge in [0.2, 0.25) is 11.9 Å². The lowest BCUT2D eigenvalue weighted by Crippen LogP contribution is -2.49. The number of hydrogen-bond acceptors (Lipinski definition) is 8. The number of carbonyl (C=O) groups excluding carboxylic acids is 1. The maximum atomic E-state index is 12.7. The third-order valence-electron chi connectivity index (χ3n) is 5.45. The van der Waals surface area contributed by atoms with Crippen LogP contribution in [0.1, 0.15) is 30.9 Å². The maximum absolute atomic E-state index is 12.7. The highest BCUT2D eigenvalue weighted by Gasteiger charge is 2.32. The molecule has 1 amide bonds. The molecule has 0 saturated carbocycles. The van der Waals surface area contributed by atoms with Gasteiger partial charge in [-0.1, -0.05) is 6.92 Å². The highest BCUT2D eigenvalue weighted by Crippen LogP contribution is 2.28. The van der Waals surface area contributed by atoms with E-state index in [1.807, 2.05) is 6.92 Å². The molecule has 2 aromatic rings. The molecule has 1 fully saturated rings. The Kier molecular flexibility index (Phi) is 8.89. The van der Waals surface area contributed by atoms with Crippen LogP contribution in [0.4, 0.5) is 19.1 Å². The van der Waals surface area contributed by atoms with E-state index in [0.29, 0.717) is 38.3 Å². The summed E-state index contributed by atoms with van der Waals surface area (Å²) in [5.41, 5.74) is -0.483. The Labute approximate surface area is 199 Å². The number of piperazine rings is 1. The first-order valence-corrected chi connectivity index (χ1v) is 11.8. The second kappa shape index (κ2) is 11.6. The zero-order chi connectivity index (χ0) is 24.7. The number of nitrogens with zero attached hydrogens (tertiary/aromatic N) is 5. The Morgan fingerprint density at radius 2 is 1.88 bits per heavy atom. The molecule has 13 heteroatoms. The van der Waals surface area contributed by atoms with Gasteiger partial charge in [0.15, 0.2) is 0 Å². The average Bonchev–Trinajstić information content (AvgIpc) is 2.83. The molecule has 186 valence electrons. The summed E-state index contributed by atoms with van der Waals surface area (Å²) in [6.45, 7) is 6.26. The van der Waals surface area contributed by atoms with Crippen LogP contribution in [0.25, 0.3) is 0 Å². The molecule has 1 atom stereocenters. The molecule has 1 saturated heterocycles. The van der Waals surface area contributed by atoms with Gasteiger partial charge >= 0.3 is 6.18 Å². The second-order valence-electron chi connectivity index (χ2n) is 7.80. The van der Waals surface area contributed by atoms with E-state index < -0.39 is 11.7 Å².